The van der Waals surface area contributed by atoms with E-state index in [4.69, 9.17) is 9.47 Å². The summed E-state index contributed by atoms with van der Waals surface area (Å²) in [6, 6.07) is 6.79. The molecule has 0 aromatic heterocycles. The summed E-state index contributed by atoms with van der Waals surface area (Å²) in [5, 5.41) is 3.63. The Morgan fingerprint density at radius 1 is 1.28 bits per heavy atom. The Kier molecular flexibility index (Phi) is 3.96. The van der Waals surface area contributed by atoms with Gasteiger partial charge in [0, 0.05) is 23.9 Å². The van der Waals surface area contributed by atoms with Gasteiger partial charge in [0.05, 0.1) is 0 Å². The minimum Gasteiger partial charge on any atom is -0.486 e. The smallest absolute Gasteiger partial charge is 0.165 e. The van der Waals surface area contributed by atoms with Crippen molar-refractivity contribution >= 4 is 11.8 Å². The summed E-state index contributed by atoms with van der Waals surface area (Å²) >= 11 is 2.05. The molecule has 1 aromatic rings. The highest BCUT2D eigenvalue weighted by molar-refractivity contribution is 7.99. The van der Waals surface area contributed by atoms with Crippen LogP contribution in [-0.2, 0) is 6.54 Å². The summed E-state index contributed by atoms with van der Waals surface area (Å²) in [6.45, 7) is 2.18. The molecule has 0 spiro atoms. The van der Waals surface area contributed by atoms with Gasteiger partial charge in [-0.3, -0.25) is 0 Å². The average molecular weight is 265 g/mol. The Morgan fingerprint density at radius 2 is 2.22 bits per heavy atom. The van der Waals surface area contributed by atoms with E-state index in [2.05, 4.69) is 11.4 Å². The zero-order valence-electron chi connectivity index (χ0n) is 10.5. The van der Waals surface area contributed by atoms with Gasteiger partial charge in [-0.15, -0.1) is 0 Å². The standard InChI is InChI=1S/C14H19NO2S/c1-3-11(9-15-12-4-2-8-18-10-12)14-13(5-1)16-6-7-17-14/h1,3,5,12,15H,2,4,6-10H2. The molecule has 2 aliphatic rings. The molecule has 3 nitrogen and oxygen atoms in total. The predicted octanol–water partition coefficient (Wildman–Crippen LogP) is 2.44. The number of rotatable bonds is 3. The minimum atomic E-state index is 0.643. The SMILES string of the molecule is c1cc(CNC2CCCSC2)c2c(c1)OCCO2. The Morgan fingerprint density at radius 3 is 3.11 bits per heavy atom. The van der Waals surface area contributed by atoms with E-state index in [1.807, 2.05) is 23.9 Å². The lowest BCUT2D eigenvalue weighted by Crippen LogP contribution is -2.33. The molecule has 0 aliphatic carbocycles. The summed E-state index contributed by atoms with van der Waals surface area (Å²) in [4.78, 5) is 0. The highest BCUT2D eigenvalue weighted by Crippen LogP contribution is 2.33. The molecule has 0 saturated carbocycles. The first-order valence-corrected chi connectivity index (χ1v) is 7.77. The van der Waals surface area contributed by atoms with Crippen LogP contribution in [0.3, 0.4) is 0 Å². The Bertz CT molecular complexity index is 405. The zero-order chi connectivity index (χ0) is 12.2. The fourth-order valence-electron chi connectivity index (χ4n) is 2.43. The maximum atomic E-state index is 5.72. The van der Waals surface area contributed by atoms with E-state index in [9.17, 15) is 0 Å². The van der Waals surface area contributed by atoms with E-state index in [1.54, 1.807) is 0 Å². The van der Waals surface area contributed by atoms with Crippen molar-refractivity contribution in [3.8, 4) is 11.5 Å². The first kappa shape index (κ1) is 12.2. The second-order valence-corrected chi connectivity index (χ2v) is 5.89. The van der Waals surface area contributed by atoms with E-state index in [0.29, 0.717) is 19.3 Å². The molecular formula is C14H19NO2S. The van der Waals surface area contributed by atoms with Gasteiger partial charge in [-0.1, -0.05) is 12.1 Å². The van der Waals surface area contributed by atoms with Gasteiger partial charge in [-0.25, -0.2) is 0 Å². The largest absolute Gasteiger partial charge is 0.486 e. The molecule has 1 unspecified atom stereocenters. The summed E-state index contributed by atoms with van der Waals surface area (Å²) in [5.41, 5.74) is 1.21. The van der Waals surface area contributed by atoms with Crippen molar-refractivity contribution in [2.75, 3.05) is 24.7 Å². The highest BCUT2D eigenvalue weighted by atomic mass is 32.2. The van der Waals surface area contributed by atoms with Gasteiger partial charge in [0.1, 0.15) is 13.2 Å². The number of hydrogen-bond acceptors (Lipinski definition) is 4. The van der Waals surface area contributed by atoms with Gasteiger partial charge in [0.15, 0.2) is 11.5 Å². The van der Waals surface area contributed by atoms with Gasteiger partial charge < -0.3 is 14.8 Å². The van der Waals surface area contributed by atoms with E-state index in [-0.39, 0.29) is 0 Å². The second kappa shape index (κ2) is 5.85. The molecule has 1 N–H and O–H groups in total. The predicted molar refractivity (Wildman–Crippen MR) is 74.6 cm³/mol. The van der Waals surface area contributed by atoms with Crippen molar-refractivity contribution in [3.63, 3.8) is 0 Å². The molecule has 4 heteroatoms. The Hall–Kier alpha value is -0.870. The van der Waals surface area contributed by atoms with Crippen molar-refractivity contribution in [1.29, 1.82) is 0 Å². The number of benzene rings is 1. The summed E-state index contributed by atoms with van der Waals surface area (Å²) < 4.78 is 11.3. The molecule has 0 radical (unpaired) electrons. The number of hydrogen-bond donors (Lipinski definition) is 1. The van der Waals surface area contributed by atoms with E-state index < -0.39 is 0 Å². The molecule has 0 bridgehead atoms. The maximum absolute atomic E-state index is 5.72. The van der Waals surface area contributed by atoms with Crippen LogP contribution in [0, 0.1) is 0 Å². The van der Waals surface area contributed by atoms with Crippen molar-refractivity contribution in [2.24, 2.45) is 0 Å². The summed E-state index contributed by atoms with van der Waals surface area (Å²) in [6.07, 6.45) is 2.62. The van der Waals surface area contributed by atoms with Gasteiger partial charge in [-0.05, 0) is 24.7 Å². The molecule has 2 heterocycles. The third-order valence-corrected chi connectivity index (χ3v) is 4.60. The molecule has 18 heavy (non-hydrogen) atoms. The lowest BCUT2D eigenvalue weighted by atomic mass is 10.1. The summed E-state index contributed by atoms with van der Waals surface area (Å²) in [5.74, 6) is 4.36. The van der Waals surface area contributed by atoms with Gasteiger partial charge in [-0.2, -0.15) is 11.8 Å². The van der Waals surface area contributed by atoms with Crippen LogP contribution in [0.25, 0.3) is 0 Å². The van der Waals surface area contributed by atoms with Gasteiger partial charge in [0.25, 0.3) is 0 Å². The average Bonchev–Trinajstić information content (AvgIpc) is 2.46. The summed E-state index contributed by atoms with van der Waals surface area (Å²) in [7, 11) is 0. The number of nitrogens with one attached hydrogen (secondary N) is 1. The molecule has 98 valence electrons. The molecule has 1 fully saturated rings. The first-order chi connectivity index (χ1) is 8.93. The number of fused-ring (bicyclic) bond motifs is 1. The van der Waals surface area contributed by atoms with Crippen molar-refractivity contribution in [1.82, 2.24) is 5.32 Å². The molecular weight excluding hydrogens is 246 g/mol. The Balaban J connectivity index is 1.65. The normalized spacial score (nSPS) is 22.8. The quantitative estimate of drug-likeness (QED) is 0.909. The number of para-hydroxylation sites is 1. The number of ether oxygens (including phenoxy) is 2. The lowest BCUT2D eigenvalue weighted by Gasteiger charge is -2.25. The third-order valence-electron chi connectivity index (χ3n) is 3.39. The maximum Gasteiger partial charge on any atom is 0.165 e. The molecule has 1 saturated heterocycles. The van der Waals surface area contributed by atoms with Crippen LogP contribution in [-0.4, -0.2) is 30.8 Å². The van der Waals surface area contributed by atoms with Crippen LogP contribution >= 0.6 is 11.8 Å². The molecule has 1 atom stereocenters. The van der Waals surface area contributed by atoms with Crippen molar-refractivity contribution < 1.29 is 9.47 Å². The first-order valence-electron chi connectivity index (χ1n) is 6.62. The second-order valence-electron chi connectivity index (χ2n) is 4.74. The minimum absolute atomic E-state index is 0.643. The zero-order valence-corrected chi connectivity index (χ0v) is 11.3. The van der Waals surface area contributed by atoms with Gasteiger partial charge >= 0.3 is 0 Å². The highest BCUT2D eigenvalue weighted by Gasteiger charge is 2.17. The van der Waals surface area contributed by atoms with Crippen LogP contribution in [0.2, 0.25) is 0 Å². The van der Waals surface area contributed by atoms with Gasteiger partial charge in [0.2, 0.25) is 0 Å². The molecule has 0 amide bonds. The number of thioether (sulfide) groups is 1. The fraction of sp³-hybridized carbons (Fsp3) is 0.571. The van der Waals surface area contributed by atoms with Crippen LogP contribution in [0.5, 0.6) is 11.5 Å². The van der Waals surface area contributed by atoms with Crippen molar-refractivity contribution in [3.05, 3.63) is 23.8 Å². The van der Waals surface area contributed by atoms with E-state index in [0.717, 1.165) is 18.0 Å². The Labute approximate surface area is 112 Å². The topological polar surface area (TPSA) is 30.5 Å². The van der Waals surface area contributed by atoms with Crippen LogP contribution < -0.4 is 14.8 Å². The van der Waals surface area contributed by atoms with Crippen molar-refractivity contribution in [2.45, 2.75) is 25.4 Å². The molecule has 1 aromatic carbocycles. The van der Waals surface area contributed by atoms with Crippen LogP contribution in [0.4, 0.5) is 0 Å². The van der Waals surface area contributed by atoms with E-state index >= 15 is 0 Å². The van der Waals surface area contributed by atoms with Crippen LogP contribution in [0.1, 0.15) is 18.4 Å². The molecule has 3 rings (SSSR count). The molecule has 2 aliphatic heterocycles. The third kappa shape index (κ3) is 2.75. The monoisotopic (exact) mass is 265 g/mol. The van der Waals surface area contributed by atoms with E-state index in [1.165, 1.54) is 29.9 Å². The fourth-order valence-corrected chi connectivity index (χ4v) is 3.54. The lowest BCUT2D eigenvalue weighted by molar-refractivity contribution is 0.169. The van der Waals surface area contributed by atoms with Crippen LogP contribution in [0.15, 0.2) is 18.2 Å².